The zero-order chi connectivity index (χ0) is 12.3. The highest BCUT2D eigenvalue weighted by atomic mass is 19.4. The van der Waals surface area contributed by atoms with Crippen LogP contribution in [-0.2, 0) is 0 Å². The van der Waals surface area contributed by atoms with E-state index < -0.39 is 31.5 Å². The second-order valence-electron chi connectivity index (χ2n) is 3.00. The molecule has 0 saturated carbocycles. The lowest BCUT2D eigenvalue weighted by molar-refractivity contribution is -0.153. The third kappa shape index (κ3) is 4.07. The predicted molar refractivity (Wildman–Crippen MR) is 47.8 cm³/mol. The highest BCUT2D eigenvalue weighted by molar-refractivity contribution is 6.58. The zero-order valence-electron chi connectivity index (χ0n) is 7.83. The summed E-state index contributed by atoms with van der Waals surface area (Å²) < 4.78 is 52.4. The van der Waals surface area contributed by atoms with Crippen molar-refractivity contribution in [3.63, 3.8) is 0 Å². The highest BCUT2D eigenvalue weighted by Crippen LogP contribution is 2.18. The Morgan fingerprint density at radius 3 is 2.31 bits per heavy atom. The second-order valence-corrected chi connectivity index (χ2v) is 3.00. The monoisotopic (exact) mass is 238 g/mol. The molecule has 1 aromatic carbocycles. The first-order chi connectivity index (χ1) is 7.28. The minimum absolute atomic E-state index is 0.280. The summed E-state index contributed by atoms with van der Waals surface area (Å²) in [5.74, 6) is -1.33. The normalized spacial score (nSPS) is 11.4. The molecule has 0 unspecified atom stereocenters. The Morgan fingerprint density at radius 1 is 1.19 bits per heavy atom. The van der Waals surface area contributed by atoms with E-state index in [4.69, 9.17) is 10.0 Å². The molecule has 0 spiro atoms. The van der Waals surface area contributed by atoms with Crippen LogP contribution in [0.4, 0.5) is 17.6 Å². The summed E-state index contributed by atoms with van der Waals surface area (Å²) in [6, 6.07) is 2.42. The number of rotatable bonds is 3. The molecule has 0 fully saturated rings. The van der Waals surface area contributed by atoms with Crippen molar-refractivity contribution in [1.82, 2.24) is 0 Å². The Labute approximate surface area is 88.4 Å². The van der Waals surface area contributed by atoms with Gasteiger partial charge in [-0.2, -0.15) is 13.2 Å². The molecular weight excluding hydrogens is 231 g/mol. The van der Waals surface area contributed by atoms with Gasteiger partial charge in [0.15, 0.2) is 6.61 Å². The SMILES string of the molecule is OB(O)c1cc(F)cc(OCC(F)(F)F)c1. The quantitative estimate of drug-likeness (QED) is 0.593. The molecule has 0 saturated heterocycles. The first-order valence-corrected chi connectivity index (χ1v) is 4.14. The minimum atomic E-state index is -4.54. The highest BCUT2D eigenvalue weighted by Gasteiger charge is 2.28. The van der Waals surface area contributed by atoms with Crippen molar-refractivity contribution >= 4 is 12.6 Å². The standard InChI is InChI=1S/C8H7BF4O3/c10-6-1-5(9(14)15)2-7(3-6)16-4-8(11,12)13/h1-3,14-15H,4H2. The van der Waals surface area contributed by atoms with E-state index in [0.29, 0.717) is 0 Å². The molecule has 1 rings (SSSR count). The maximum absolute atomic E-state index is 12.8. The van der Waals surface area contributed by atoms with E-state index in [1.807, 2.05) is 0 Å². The van der Waals surface area contributed by atoms with E-state index in [0.717, 1.165) is 18.2 Å². The molecule has 0 aliphatic heterocycles. The van der Waals surface area contributed by atoms with Crippen LogP contribution in [0.15, 0.2) is 18.2 Å². The van der Waals surface area contributed by atoms with Crippen molar-refractivity contribution in [2.45, 2.75) is 6.18 Å². The lowest BCUT2D eigenvalue weighted by Crippen LogP contribution is -2.30. The Balaban J connectivity index is 2.81. The first kappa shape index (κ1) is 12.8. The summed E-state index contributed by atoms with van der Waals surface area (Å²) in [5.41, 5.74) is -0.280. The number of benzene rings is 1. The van der Waals surface area contributed by atoms with Crippen LogP contribution in [-0.4, -0.2) is 29.9 Å². The van der Waals surface area contributed by atoms with Crippen molar-refractivity contribution in [2.75, 3.05) is 6.61 Å². The average molecular weight is 238 g/mol. The number of hydrogen-bond donors (Lipinski definition) is 2. The smallest absolute Gasteiger partial charge is 0.484 e. The first-order valence-electron chi connectivity index (χ1n) is 4.14. The Bertz CT molecular complexity index is 367. The Hall–Kier alpha value is -1.28. The molecule has 0 heterocycles. The maximum Gasteiger partial charge on any atom is 0.488 e. The summed E-state index contributed by atoms with van der Waals surface area (Å²) in [6.45, 7) is -1.57. The van der Waals surface area contributed by atoms with Crippen LogP contribution in [0.1, 0.15) is 0 Å². The van der Waals surface area contributed by atoms with Crippen molar-refractivity contribution in [2.24, 2.45) is 0 Å². The summed E-state index contributed by atoms with van der Waals surface area (Å²) in [7, 11) is -1.97. The topological polar surface area (TPSA) is 49.7 Å². The van der Waals surface area contributed by atoms with E-state index in [1.54, 1.807) is 0 Å². The molecular formula is C8H7BF4O3. The fourth-order valence-electron chi connectivity index (χ4n) is 0.982. The van der Waals surface area contributed by atoms with Crippen LogP contribution in [0.25, 0.3) is 0 Å². The molecule has 2 N–H and O–H groups in total. The van der Waals surface area contributed by atoms with Crippen molar-refractivity contribution in [3.8, 4) is 5.75 Å². The van der Waals surface area contributed by atoms with Gasteiger partial charge in [0.1, 0.15) is 11.6 Å². The van der Waals surface area contributed by atoms with Gasteiger partial charge in [0, 0.05) is 6.07 Å². The van der Waals surface area contributed by atoms with Gasteiger partial charge in [-0.15, -0.1) is 0 Å². The second kappa shape index (κ2) is 4.71. The summed E-state index contributed by atoms with van der Waals surface area (Å²) in [6.07, 6.45) is -4.54. The predicted octanol–water partition coefficient (Wildman–Crippen LogP) is 0.447. The van der Waals surface area contributed by atoms with Crippen LogP contribution in [0.2, 0.25) is 0 Å². The molecule has 0 atom stereocenters. The minimum Gasteiger partial charge on any atom is -0.484 e. The molecule has 0 aromatic heterocycles. The molecule has 3 nitrogen and oxygen atoms in total. The summed E-state index contributed by atoms with van der Waals surface area (Å²) >= 11 is 0. The van der Waals surface area contributed by atoms with Gasteiger partial charge in [-0.05, 0) is 17.6 Å². The molecule has 0 bridgehead atoms. The van der Waals surface area contributed by atoms with Crippen molar-refractivity contribution in [3.05, 3.63) is 24.0 Å². The molecule has 0 aliphatic rings. The van der Waals surface area contributed by atoms with Gasteiger partial charge in [0.05, 0.1) is 0 Å². The third-order valence-corrected chi connectivity index (χ3v) is 1.59. The number of hydrogen-bond acceptors (Lipinski definition) is 3. The molecule has 0 aliphatic carbocycles. The van der Waals surface area contributed by atoms with Gasteiger partial charge in [-0.25, -0.2) is 4.39 Å². The fraction of sp³-hybridized carbons (Fsp3) is 0.250. The fourth-order valence-corrected chi connectivity index (χ4v) is 0.982. The summed E-state index contributed by atoms with van der Waals surface area (Å²) in [4.78, 5) is 0. The number of ether oxygens (including phenoxy) is 1. The van der Waals surface area contributed by atoms with E-state index in [9.17, 15) is 17.6 Å². The third-order valence-electron chi connectivity index (χ3n) is 1.59. The molecule has 1 aromatic rings. The van der Waals surface area contributed by atoms with E-state index in [-0.39, 0.29) is 5.46 Å². The largest absolute Gasteiger partial charge is 0.488 e. The van der Waals surface area contributed by atoms with Gasteiger partial charge >= 0.3 is 13.3 Å². The van der Waals surface area contributed by atoms with Gasteiger partial charge < -0.3 is 14.8 Å². The molecule has 16 heavy (non-hydrogen) atoms. The van der Waals surface area contributed by atoms with Crippen LogP contribution < -0.4 is 10.2 Å². The lowest BCUT2D eigenvalue weighted by atomic mass is 9.80. The molecule has 8 heteroatoms. The van der Waals surface area contributed by atoms with Crippen molar-refractivity contribution < 1.29 is 32.3 Å². The van der Waals surface area contributed by atoms with Crippen LogP contribution >= 0.6 is 0 Å². The number of alkyl halides is 3. The van der Waals surface area contributed by atoms with Crippen LogP contribution in [0, 0.1) is 5.82 Å². The van der Waals surface area contributed by atoms with Crippen molar-refractivity contribution in [1.29, 1.82) is 0 Å². The maximum atomic E-state index is 12.8. The van der Waals surface area contributed by atoms with Crippen LogP contribution in [0.3, 0.4) is 0 Å². The van der Waals surface area contributed by atoms with E-state index in [1.165, 1.54) is 0 Å². The van der Waals surface area contributed by atoms with Crippen LogP contribution in [0.5, 0.6) is 5.75 Å². The van der Waals surface area contributed by atoms with Gasteiger partial charge in [-0.3, -0.25) is 0 Å². The van der Waals surface area contributed by atoms with Gasteiger partial charge in [0.2, 0.25) is 0 Å². The van der Waals surface area contributed by atoms with Gasteiger partial charge in [0.25, 0.3) is 0 Å². The van der Waals surface area contributed by atoms with E-state index >= 15 is 0 Å². The molecule has 88 valence electrons. The van der Waals surface area contributed by atoms with Gasteiger partial charge in [-0.1, -0.05) is 0 Å². The molecule has 0 radical (unpaired) electrons. The zero-order valence-corrected chi connectivity index (χ0v) is 7.83. The number of halogens is 4. The Kier molecular flexibility index (Phi) is 3.76. The molecule has 0 amide bonds. The lowest BCUT2D eigenvalue weighted by Gasteiger charge is -2.10. The average Bonchev–Trinajstić information content (AvgIpc) is 2.13. The summed E-state index contributed by atoms with van der Waals surface area (Å²) in [5, 5.41) is 17.4. The van der Waals surface area contributed by atoms with E-state index in [2.05, 4.69) is 4.74 Å². The Morgan fingerprint density at radius 2 is 1.81 bits per heavy atom.